The number of aromatic nitrogens is 3. The first kappa shape index (κ1) is 19.7. The Balaban J connectivity index is 1.78. The van der Waals surface area contributed by atoms with Crippen LogP contribution in [0.25, 0.3) is 11.3 Å². The number of pyridine rings is 1. The third kappa shape index (κ3) is 3.92. The van der Waals surface area contributed by atoms with Gasteiger partial charge in [0.25, 0.3) is 0 Å². The van der Waals surface area contributed by atoms with Crippen LogP contribution in [0.5, 0.6) is 5.75 Å². The molecule has 0 atom stereocenters. The van der Waals surface area contributed by atoms with Crippen LogP contribution in [-0.2, 0) is 7.05 Å². The third-order valence-electron chi connectivity index (χ3n) is 4.81. The van der Waals surface area contributed by atoms with E-state index in [0.29, 0.717) is 23.7 Å². The van der Waals surface area contributed by atoms with Gasteiger partial charge in [0.15, 0.2) is 5.75 Å². The second-order valence-corrected chi connectivity index (χ2v) is 7.17. The Morgan fingerprint density at radius 1 is 1.20 bits per heavy atom. The number of halogens is 1. The number of hydrazine groups is 1. The Morgan fingerprint density at radius 2 is 2.03 bits per heavy atom. The van der Waals surface area contributed by atoms with E-state index in [0.717, 1.165) is 28.3 Å². The molecule has 0 amide bonds. The van der Waals surface area contributed by atoms with E-state index in [1.807, 2.05) is 49.7 Å². The molecule has 0 spiro atoms. The smallest absolute Gasteiger partial charge is 0.153 e. The standard InChI is InChI=1S/C21H24FN7O/c1-13-9-19(23-11-16(13)22)26-18-6-5-15(17-7-8-28(2)27-17)21(30-4)20(18)25-14-10-24-29(3)12-14/h5-11,24-25H,12H2,1-4H3,(H,23,26). The highest BCUT2D eigenvalue weighted by molar-refractivity contribution is 5.88. The summed E-state index contributed by atoms with van der Waals surface area (Å²) in [5.41, 5.74) is 7.78. The molecule has 30 heavy (non-hydrogen) atoms. The number of hydrogen-bond acceptors (Lipinski definition) is 7. The maximum absolute atomic E-state index is 13.6. The lowest BCUT2D eigenvalue weighted by Crippen LogP contribution is -2.25. The zero-order valence-corrected chi connectivity index (χ0v) is 17.3. The van der Waals surface area contributed by atoms with E-state index in [1.165, 1.54) is 6.20 Å². The largest absolute Gasteiger partial charge is 0.494 e. The number of likely N-dealkylation sites (N-methyl/N-ethyl adjacent to an activating group) is 1. The summed E-state index contributed by atoms with van der Waals surface area (Å²) in [6, 6.07) is 7.48. The van der Waals surface area contributed by atoms with Gasteiger partial charge in [-0.2, -0.15) is 5.10 Å². The summed E-state index contributed by atoms with van der Waals surface area (Å²) < 4.78 is 21.2. The maximum Gasteiger partial charge on any atom is 0.153 e. The van der Waals surface area contributed by atoms with Crippen LogP contribution < -0.4 is 20.8 Å². The highest BCUT2D eigenvalue weighted by Crippen LogP contribution is 2.42. The molecular weight excluding hydrogens is 385 g/mol. The molecule has 0 fully saturated rings. The number of benzene rings is 1. The van der Waals surface area contributed by atoms with E-state index in [1.54, 1.807) is 24.8 Å². The maximum atomic E-state index is 13.6. The Kier molecular flexibility index (Phi) is 5.28. The Labute approximate surface area is 174 Å². The van der Waals surface area contributed by atoms with Crippen LogP contribution in [0.4, 0.5) is 21.6 Å². The van der Waals surface area contributed by atoms with Gasteiger partial charge in [-0.05, 0) is 36.8 Å². The van der Waals surface area contributed by atoms with Crippen LogP contribution in [-0.4, -0.2) is 40.5 Å². The summed E-state index contributed by atoms with van der Waals surface area (Å²) in [4.78, 5) is 4.15. The van der Waals surface area contributed by atoms with Crippen molar-refractivity contribution in [2.45, 2.75) is 6.92 Å². The van der Waals surface area contributed by atoms with E-state index >= 15 is 0 Å². The quantitative estimate of drug-likeness (QED) is 0.576. The van der Waals surface area contributed by atoms with Crippen LogP contribution in [0.15, 0.2) is 48.6 Å². The number of rotatable bonds is 6. The van der Waals surface area contributed by atoms with Gasteiger partial charge in [0, 0.05) is 37.8 Å². The van der Waals surface area contributed by atoms with Crippen molar-refractivity contribution < 1.29 is 9.13 Å². The minimum atomic E-state index is -0.341. The highest BCUT2D eigenvalue weighted by atomic mass is 19.1. The van der Waals surface area contributed by atoms with E-state index in [2.05, 4.69) is 26.1 Å². The molecule has 1 aliphatic heterocycles. The van der Waals surface area contributed by atoms with Crippen molar-refractivity contribution >= 4 is 17.2 Å². The van der Waals surface area contributed by atoms with Crippen LogP contribution in [0.1, 0.15) is 5.56 Å². The molecule has 0 saturated heterocycles. The molecule has 0 saturated carbocycles. The van der Waals surface area contributed by atoms with Gasteiger partial charge in [-0.3, -0.25) is 4.68 Å². The van der Waals surface area contributed by atoms with Gasteiger partial charge in [0.1, 0.15) is 17.3 Å². The van der Waals surface area contributed by atoms with Gasteiger partial charge in [0.2, 0.25) is 0 Å². The van der Waals surface area contributed by atoms with E-state index in [-0.39, 0.29) is 5.82 Å². The van der Waals surface area contributed by atoms with Gasteiger partial charge in [-0.15, -0.1) is 0 Å². The van der Waals surface area contributed by atoms with E-state index in [4.69, 9.17) is 4.74 Å². The molecule has 4 rings (SSSR count). The number of nitrogens with one attached hydrogen (secondary N) is 3. The lowest BCUT2D eigenvalue weighted by Gasteiger charge is -2.20. The number of anilines is 3. The SMILES string of the molecule is COc1c(-c2ccn(C)n2)ccc(Nc2cc(C)c(F)cn2)c1NC1=CNN(C)C1. The summed E-state index contributed by atoms with van der Waals surface area (Å²) >= 11 is 0. The first-order valence-electron chi connectivity index (χ1n) is 9.48. The predicted molar refractivity (Wildman–Crippen MR) is 115 cm³/mol. The zero-order valence-electron chi connectivity index (χ0n) is 17.3. The Hall–Kier alpha value is -3.59. The molecule has 3 N–H and O–H groups in total. The zero-order chi connectivity index (χ0) is 21.3. The number of methoxy groups -OCH3 is 1. The van der Waals surface area contributed by atoms with Crippen molar-refractivity contribution in [1.82, 2.24) is 25.2 Å². The summed E-state index contributed by atoms with van der Waals surface area (Å²) in [6.07, 6.45) is 5.00. The van der Waals surface area contributed by atoms with Crippen LogP contribution in [0.3, 0.4) is 0 Å². The molecule has 0 aliphatic carbocycles. The number of nitrogens with zero attached hydrogens (tertiary/aromatic N) is 4. The molecular formula is C21H24FN7O. The monoisotopic (exact) mass is 409 g/mol. The molecule has 3 heterocycles. The summed E-state index contributed by atoms with van der Waals surface area (Å²) in [5, 5.41) is 13.2. The lowest BCUT2D eigenvalue weighted by molar-refractivity contribution is 0.329. The highest BCUT2D eigenvalue weighted by Gasteiger charge is 2.20. The molecule has 156 valence electrons. The van der Waals surface area contributed by atoms with Crippen molar-refractivity contribution in [1.29, 1.82) is 0 Å². The van der Waals surface area contributed by atoms with Crippen LogP contribution in [0.2, 0.25) is 0 Å². The minimum Gasteiger partial charge on any atom is -0.494 e. The Bertz CT molecular complexity index is 1110. The summed E-state index contributed by atoms with van der Waals surface area (Å²) in [5.74, 6) is 0.848. The second-order valence-electron chi connectivity index (χ2n) is 7.17. The topological polar surface area (TPSA) is 79.3 Å². The normalized spacial score (nSPS) is 13.7. The second kappa shape index (κ2) is 8.03. The number of ether oxygens (including phenoxy) is 1. The summed E-state index contributed by atoms with van der Waals surface area (Å²) in [6.45, 7) is 2.40. The van der Waals surface area contributed by atoms with Crippen molar-refractivity contribution in [2.24, 2.45) is 7.05 Å². The molecule has 0 radical (unpaired) electrons. The average molecular weight is 409 g/mol. The minimum absolute atomic E-state index is 0.341. The number of aryl methyl sites for hydroxylation is 2. The molecule has 1 aliphatic rings. The number of hydrogen-bond donors (Lipinski definition) is 3. The van der Waals surface area contributed by atoms with Gasteiger partial charge in [0.05, 0.1) is 31.2 Å². The van der Waals surface area contributed by atoms with Crippen molar-refractivity contribution in [3.8, 4) is 17.0 Å². The van der Waals surface area contributed by atoms with Crippen molar-refractivity contribution in [2.75, 3.05) is 31.3 Å². The molecule has 9 heteroatoms. The molecule has 1 aromatic carbocycles. The van der Waals surface area contributed by atoms with Gasteiger partial charge < -0.3 is 20.8 Å². The van der Waals surface area contributed by atoms with Gasteiger partial charge in [-0.1, -0.05) is 0 Å². The predicted octanol–water partition coefficient (Wildman–Crippen LogP) is 3.39. The molecule has 2 aromatic heterocycles. The average Bonchev–Trinajstić information content (AvgIpc) is 3.33. The molecule has 0 unspecified atom stereocenters. The first-order chi connectivity index (χ1) is 14.4. The fourth-order valence-electron chi connectivity index (χ4n) is 3.30. The van der Waals surface area contributed by atoms with E-state index in [9.17, 15) is 4.39 Å². The van der Waals surface area contributed by atoms with Crippen LogP contribution >= 0.6 is 0 Å². The fourth-order valence-corrected chi connectivity index (χ4v) is 3.30. The van der Waals surface area contributed by atoms with E-state index < -0.39 is 0 Å². The molecule has 8 nitrogen and oxygen atoms in total. The van der Waals surface area contributed by atoms with Crippen molar-refractivity contribution in [3.63, 3.8) is 0 Å². The van der Waals surface area contributed by atoms with Crippen LogP contribution in [0, 0.1) is 12.7 Å². The third-order valence-corrected chi connectivity index (χ3v) is 4.81. The van der Waals surface area contributed by atoms with Gasteiger partial charge in [-0.25, -0.2) is 14.4 Å². The van der Waals surface area contributed by atoms with Crippen molar-refractivity contribution in [3.05, 3.63) is 59.9 Å². The first-order valence-corrected chi connectivity index (χ1v) is 9.48. The Morgan fingerprint density at radius 3 is 2.67 bits per heavy atom. The molecule has 3 aromatic rings. The fraction of sp³-hybridized carbons (Fsp3) is 0.238. The summed E-state index contributed by atoms with van der Waals surface area (Å²) in [7, 11) is 5.46. The van der Waals surface area contributed by atoms with Gasteiger partial charge >= 0.3 is 0 Å². The molecule has 0 bridgehead atoms. The lowest BCUT2D eigenvalue weighted by atomic mass is 10.1.